The predicted molar refractivity (Wildman–Crippen MR) is 147 cm³/mol. The lowest BCUT2D eigenvalue weighted by Crippen LogP contribution is -2.07. The first-order valence-corrected chi connectivity index (χ1v) is 12.7. The van der Waals surface area contributed by atoms with Crippen LogP contribution in [0.1, 0.15) is 71.6 Å². The summed E-state index contributed by atoms with van der Waals surface area (Å²) in [5.41, 5.74) is 0. The van der Waals surface area contributed by atoms with Crippen molar-refractivity contribution in [3.63, 3.8) is 0 Å². The molecular formula is C31H42O4. The van der Waals surface area contributed by atoms with Crippen LogP contribution in [-0.4, -0.2) is 17.7 Å². The molecule has 1 rings (SSSR count). The minimum atomic E-state index is -0.337. The third-order valence-electron chi connectivity index (χ3n) is 4.68. The van der Waals surface area contributed by atoms with Gasteiger partial charge in [-0.05, 0) is 51.4 Å². The van der Waals surface area contributed by atoms with Gasteiger partial charge in [-0.25, -0.2) is 0 Å². The zero-order chi connectivity index (χ0) is 25.4. The van der Waals surface area contributed by atoms with Crippen LogP contribution in [-0.2, 0) is 4.79 Å². The molecule has 0 aliphatic rings. The molecule has 0 aliphatic heterocycles. The molecule has 0 heterocycles. The Kier molecular flexibility index (Phi) is 18.1. The number of aromatic hydroxyl groups is 1. The average molecular weight is 479 g/mol. The Morgan fingerprint density at radius 1 is 0.714 bits per heavy atom. The van der Waals surface area contributed by atoms with Gasteiger partial charge in [-0.1, -0.05) is 86.8 Å². The summed E-state index contributed by atoms with van der Waals surface area (Å²) in [6, 6.07) is 4.53. The number of esters is 1. The Morgan fingerprint density at radius 3 is 1.71 bits per heavy atom. The van der Waals surface area contributed by atoms with Crippen molar-refractivity contribution in [3.05, 3.63) is 91.1 Å². The Balaban J connectivity index is 2.12. The van der Waals surface area contributed by atoms with E-state index < -0.39 is 0 Å². The van der Waals surface area contributed by atoms with Crippen LogP contribution in [0.15, 0.2) is 91.1 Å². The fourth-order valence-electron chi connectivity index (χ4n) is 2.94. The summed E-state index contributed by atoms with van der Waals surface area (Å²) in [7, 11) is 0. The Labute approximate surface area is 212 Å². The molecule has 35 heavy (non-hydrogen) atoms. The highest BCUT2D eigenvalue weighted by molar-refractivity contribution is 5.72. The largest absolute Gasteiger partial charge is 0.508 e. The Bertz CT molecular complexity index is 872. The molecule has 0 fully saturated rings. The molecule has 1 aromatic carbocycles. The number of hydrogen-bond donors (Lipinski definition) is 1. The van der Waals surface area contributed by atoms with Crippen molar-refractivity contribution < 1.29 is 19.4 Å². The summed E-state index contributed by atoms with van der Waals surface area (Å²) in [4.78, 5) is 12.0. The molecule has 0 aliphatic carbocycles. The van der Waals surface area contributed by atoms with E-state index in [9.17, 15) is 9.90 Å². The highest BCUT2D eigenvalue weighted by Crippen LogP contribution is 2.27. The maximum Gasteiger partial charge on any atom is 0.311 e. The first-order chi connectivity index (χ1) is 17.2. The summed E-state index contributed by atoms with van der Waals surface area (Å²) in [6.45, 7) is 4.69. The van der Waals surface area contributed by atoms with E-state index in [1.807, 2.05) is 19.1 Å². The number of carbonyl (C=O) groups is 1. The molecule has 1 N–H and O–H groups in total. The van der Waals surface area contributed by atoms with Gasteiger partial charge in [0.25, 0.3) is 0 Å². The quantitative estimate of drug-likeness (QED) is 0.130. The molecule has 4 nitrogen and oxygen atoms in total. The molecule has 0 saturated heterocycles. The van der Waals surface area contributed by atoms with Crippen LogP contribution in [0.2, 0.25) is 0 Å². The van der Waals surface area contributed by atoms with Gasteiger partial charge in [0.2, 0.25) is 0 Å². The van der Waals surface area contributed by atoms with Crippen molar-refractivity contribution in [2.24, 2.45) is 0 Å². The van der Waals surface area contributed by atoms with E-state index in [0.717, 1.165) is 44.9 Å². The Morgan fingerprint density at radius 2 is 1.20 bits per heavy atom. The van der Waals surface area contributed by atoms with Crippen LogP contribution < -0.4 is 9.47 Å². The van der Waals surface area contributed by atoms with Gasteiger partial charge < -0.3 is 14.6 Å². The molecule has 190 valence electrons. The van der Waals surface area contributed by atoms with Crippen molar-refractivity contribution in [2.75, 3.05) is 6.61 Å². The lowest BCUT2D eigenvalue weighted by atomic mass is 10.2. The summed E-state index contributed by atoms with van der Waals surface area (Å²) >= 11 is 0. The molecule has 1 aromatic rings. The third-order valence-corrected chi connectivity index (χ3v) is 4.68. The van der Waals surface area contributed by atoms with E-state index in [-0.39, 0.29) is 18.1 Å². The smallest absolute Gasteiger partial charge is 0.311 e. The van der Waals surface area contributed by atoms with Crippen LogP contribution in [0, 0.1) is 0 Å². The average Bonchev–Trinajstić information content (AvgIpc) is 2.83. The van der Waals surface area contributed by atoms with Crippen molar-refractivity contribution in [1.82, 2.24) is 0 Å². The molecule has 0 radical (unpaired) electrons. The number of benzene rings is 1. The summed E-state index contributed by atoms with van der Waals surface area (Å²) < 4.78 is 10.8. The lowest BCUT2D eigenvalue weighted by molar-refractivity contribution is -0.134. The molecule has 4 heteroatoms. The van der Waals surface area contributed by atoms with Crippen molar-refractivity contribution in [3.8, 4) is 17.2 Å². The van der Waals surface area contributed by atoms with E-state index in [1.54, 1.807) is 6.07 Å². The van der Waals surface area contributed by atoms with Gasteiger partial charge in [0.15, 0.2) is 0 Å². The fraction of sp³-hybridized carbons (Fsp3) is 0.387. The van der Waals surface area contributed by atoms with Gasteiger partial charge in [-0.15, -0.1) is 0 Å². The maximum absolute atomic E-state index is 12.0. The van der Waals surface area contributed by atoms with Crippen molar-refractivity contribution in [2.45, 2.75) is 71.6 Å². The Hall–Kier alpha value is -3.27. The topological polar surface area (TPSA) is 55.8 Å². The van der Waals surface area contributed by atoms with Gasteiger partial charge in [-0.2, -0.15) is 0 Å². The van der Waals surface area contributed by atoms with Crippen LogP contribution >= 0.6 is 0 Å². The number of rotatable bonds is 18. The first kappa shape index (κ1) is 29.8. The van der Waals surface area contributed by atoms with Crippen LogP contribution in [0.5, 0.6) is 17.2 Å². The molecule has 0 aromatic heterocycles. The van der Waals surface area contributed by atoms with Gasteiger partial charge in [0.05, 0.1) is 6.61 Å². The maximum atomic E-state index is 12.0. The van der Waals surface area contributed by atoms with E-state index in [0.29, 0.717) is 24.5 Å². The zero-order valence-corrected chi connectivity index (χ0v) is 21.4. The van der Waals surface area contributed by atoms with E-state index >= 15 is 0 Å². The number of hydrogen-bond acceptors (Lipinski definition) is 4. The SMILES string of the molecule is CC/C=C\C/C=C\C/C=C\C/C=C\C/C=C\C/C=C\CCC(=O)Oc1cc(O)cc(OCCC)c1. The van der Waals surface area contributed by atoms with E-state index in [2.05, 4.69) is 67.7 Å². The molecule has 0 spiro atoms. The summed E-state index contributed by atoms with van der Waals surface area (Å²) in [5.74, 6) is 0.463. The molecule has 0 bridgehead atoms. The minimum absolute atomic E-state index is 0.0124. The van der Waals surface area contributed by atoms with Gasteiger partial charge in [-0.3, -0.25) is 4.79 Å². The van der Waals surface area contributed by atoms with Crippen LogP contribution in [0.25, 0.3) is 0 Å². The second kappa shape index (κ2) is 21.3. The first-order valence-electron chi connectivity index (χ1n) is 12.7. The van der Waals surface area contributed by atoms with E-state index in [4.69, 9.17) is 9.47 Å². The highest BCUT2D eigenvalue weighted by Gasteiger charge is 2.07. The van der Waals surface area contributed by atoms with Gasteiger partial charge >= 0.3 is 5.97 Å². The number of phenolic OH excluding ortho intramolecular Hbond substituents is 1. The van der Waals surface area contributed by atoms with Gasteiger partial charge in [0.1, 0.15) is 17.2 Å². The van der Waals surface area contributed by atoms with Crippen LogP contribution in [0.3, 0.4) is 0 Å². The van der Waals surface area contributed by atoms with Gasteiger partial charge in [0, 0.05) is 24.6 Å². The number of ether oxygens (including phenoxy) is 2. The van der Waals surface area contributed by atoms with E-state index in [1.165, 1.54) is 12.1 Å². The molecular weight excluding hydrogens is 436 g/mol. The molecule has 0 atom stereocenters. The number of allylic oxidation sites excluding steroid dienone is 12. The monoisotopic (exact) mass is 478 g/mol. The standard InChI is InChI=1S/C31H42O4/c1-3-5-6-7-8-9-10-11-12-13-14-15-16-17-18-19-20-21-22-23-31(33)35-30-26-28(32)25-29(27-30)34-24-4-2/h5-6,8-9,11-12,14-15,17-18,20-21,25-27,32H,3-4,7,10,13,16,19,22-24H2,1-2H3/b6-5-,9-8-,12-11-,15-14-,18-17-,21-20-. The normalized spacial score (nSPS) is 12.4. The highest BCUT2D eigenvalue weighted by atomic mass is 16.5. The molecule has 0 saturated carbocycles. The summed E-state index contributed by atoms with van der Waals surface area (Å²) in [6.07, 6.45) is 33.4. The minimum Gasteiger partial charge on any atom is -0.508 e. The second-order valence-electron chi connectivity index (χ2n) is 7.94. The predicted octanol–water partition coefficient (Wildman–Crippen LogP) is 8.56. The molecule has 0 unspecified atom stereocenters. The summed E-state index contributed by atoms with van der Waals surface area (Å²) in [5, 5.41) is 9.75. The molecule has 0 amide bonds. The number of phenols is 1. The lowest BCUT2D eigenvalue weighted by Gasteiger charge is -2.08. The third kappa shape index (κ3) is 17.8. The fourth-order valence-corrected chi connectivity index (χ4v) is 2.94. The second-order valence-corrected chi connectivity index (χ2v) is 7.94. The zero-order valence-electron chi connectivity index (χ0n) is 21.4. The van der Waals surface area contributed by atoms with Crippen molar-refractivity contribution in [1.29, 1.82) is 0 Å². The van der Waals surface area contributed by atoms with Crippen LogP contribution in [0.4, 0.5) is 0 Å². The van der Waals surface area contributed by atoms with Crippen molar-refractivity contribution >= 4 is 5.97 Å². The number of carbonyl (C=O) groups excluding carboxylic acids is 1.